The zero-order valence-corrected chi connectivity index (χ0v) is 20.7. The minimum atomic E-state index is -3.62. The Labute approximate surface area is 206 Å². The van der Waals surface area contributed by atoms with Crippen LogP contribution in [0.25, 0.3) is 11.1 Å². The van der Waals surface area contributed by atoms with Crippen LogP contribution in [0.2, 0.25) is 0 Å². The molecule has 2 aliphatic rings. The standard InChI is InChI=1S/C28H31FN2O3S/c1-20-7-2-3-10-27(20)35(33,34)30-15-4-5-16-31-25(18-30)28(26(31)19-32)22-13-11-21(12-14-22)23-8-6-9-24(29)17-23/h2-3,6-14,17,25-26,28,32H,4-5,15-16,18-19H2,1H3/t25-,26+,28+/m1/s1. The first-order valence-corrected chi connectivity index (χ1v) is 13.6. The van der Waals surface area contributed by atoms with Crippen LogP contribution in [0.4, 0.5) is 4.39 Å². The van der Waals surface area contributed by atoms with Gasteiger partial charge in [0.25, 0.3) is 0 Å². The summed E-state index contributed by atoms with van der Waals surface area (Å²) in [7, 11) is -3.62. The van der Waals surface area contributed by atoms with Crippen LogP contribution in [0.3, 0.4) is 0 Å². The van der Waals surface area contributed by atoms with Crippen molar-refractivity contribution in [2.75, 3.05) is 26.2 Å². The van der Waals surface area contributed by atoms with Gasteiger partial charge in [0.15, 0.2) is 0 Å². The Morgan fingerprint density at radius 3 is 2.40 bits per heavy atom. The molecule has 2 saturated heterocycles. The number of aliphatic hydroxyl groups excluding tert-OH is 1. The van der Waals surface area contributed by atoms with E-state index in [1.807, 2.05) is 49.4 Å². The third kappa shape index (κ3) is 4.54. The molecule has 1 N–H and O–H groups in total. The summed E-state index contributed by atoms with van der Waals surface area (Å²) in [5, 5.41) is 10.2. The molecule has 35 heavy (non-hydrogen) atoms. The summed E-state index contributed by atoms with van der Waals surface area (Å²) in [5.41, 5.74) is 3.55. The molecule has 3 atom stereocenters. The zero-order valence-electron chi connectivity index (χ0n) is 19.8. The predicted octanol–water partition coefficient (Wildman–Crippen LogP) is 4.41. The Morgan fingerprint density at radius 2 is 1.69 bits per heavy atom. The van der Waals surface area contributed by atoms with Crippen LogP contribution in [0.5, 0.6) is 0 Å². The SMILES string of the molecule is Cc1ccccc1S(=O)(=O)N1CCCCN2[C@H](C1)[C@H](c1ccc(-c3cccc(F)c3)cc1)[C@@H]2CO. The Morgan fingerprint density at radius 1 is 0.943 bits per heavy atom. The monoisotopic (exact) mass is 494 g/mol. The van der Waals surface area contributed by atoms with Crippen LogP contribution < -0.4 is 0 Å². The molecule has 0 spiro atoms. The van der Waals surface area contributed by atoms with E-state index >= 15 is 0 Å². The molecule has 0 unspecified atom stereocenters. The summed E-state index contributed by atoms with van der Waals surface area (Å²) in [6.45, 7) is 3.60. The lowest BCUT2D eigenvalue weighted by Crippen LogP contribution is -2.67. The number of hydrogen-bond donors (Lipinski definition) is 1. The van der Waals surface area contributed by atoms with Crippen LogP contribution in [0.1, 0.15) is 29.9 Å². The second-order valence-electron chi connectivity index (χ2n) is 9.55. The van der Waals surface area contributed by atoms with Crippen molar-refractivity contribution < 1.29 is 17.9 Å². The molecule has 5 rings (SSSR count). The Hall–Kier alpha value is -2.58. The highest BCUT2D eigenvalue weighted by Gasteiger charge is 2.50. The molecular weight excluding hydrogens is 463 g/mol. The largest absolute Gasteiger partial charge is 0.395 e. The normalized spacial score (nSPS) is 23.7. The lowest BCUT2D eigenvalue weighted by molar-refractivity contribution is -0.0553. The summed E-state index contributed by atoms with van der Waals surface area (Å²) in [4.78, 5) is 2.63. The van der Waals surface area contributed by atoms with Crippen molar-refractivity contribution in [2.24, 2.45) is 0 Å². The van der Waals surface area contributed by atoms with Crippen molar-refractivity contribution in [1.29, 1.82) is 0 Å². The van der Waals surface area contributed by atoms with Crippen molar-refractivity contribution >= 4 is 10.0 Å². The molecule has 2 aliphatic heterocycles. The second kappa shape index (κ2) is 9.82. The smallest absolute Gasteiger partial charge is 0.243 e. The molecule has 2 fully saturated rings. The van der Waals surface area contributed by atoms with Gasteiger partial charge in [0.1, 0.15) is 5.82 Å². The van der Waals surface area contributed by atoms with Crippen molar-refractivity contribution in [1.82, 2.24) is 9.21 Å². The van der Waals surface area contributed by atoms with Gasteiger partial charge < -0.3 is 5.11 Å². The van der Waals surface area contributed by atoms with Gasteiger partial charge in [-0.25, -0.2) is 12.8 Å². The molecular formula is C28H31FN2O3S. The molecule has 0 bridgehead atoms. The average molecular weight is 495 g/mol. The fourth-order valence-electron chi connectivity index (χ4n) is 5.68. The molecule has 5 nitrogen and oxygen atoms in total. The molecule has 2 heterocycles. The van der Waals surface area contributed by atoms with Crippen LogP contribution in [0.15, 0.2) is 77.7 Å². The van der Waals surface area contributed by atoms with Crippen LogP contribution in [0, 0.1) is 12.7 Å². The maximum atomic E-state index is 13.7. The van der Waals surface area contributed by atoms with E-state index in [0.29, 0.717) is 18.0 Å². The number of rotatable bonds is 5. The highest BCUT2D eigenvalue weighted by molar-refractivity contribution is 7.89. The number of sulfonamides is 1. The topological polar surface area (TPSA) is 60.9 Å². The molecule has 3 aromatic rings. The Balaban J connectivity index is 1.43. The lowest BCUT2D eigenvalue weighted by Gasteiger charge is -2.57. The molecule has 0 saturated carbocycles. The summed E-state index contributed by atoms with van der Waals surface area (Å²) in [6.07, 6.45) is 1.68. The van der Waals surface area contributed by atoms with E-state index in [4.69, 9.17) is 0 Å². The quantitative estimate of drug-likeness (QED) is 0.571. The molecule has 0 radical (unpaired) electrons. The summed E-state index contributed by atoms with van der Waals surface area (Å²) >= 11 is 0. The number of fused-ring (bicyclic) bond motifs is 1. The maximum Gasteiger partial charge on any atom is 0.243 e. The van der Waals surface area contributed by atoms with E-state index in [2.05, 4.69) is 4.90 Å². The fraction of sp³-hybridized carbons (Fsp3) is 0.357. The summed E-state index contributed by atoms with van der Waals surface area (Å²) in [6, 6.07) is 21.6. The molecule has 0 amide bonds. The number of hydrogen-bond acceptors (Lipinski definition) is 4. The van der Waals surface area contributed by atoms with Gasteiger partial charge >= 0.3 is 0 Å². The molecule has 3 aromatic carbocycles. The third-order valence-corrected chi connectivity index (χ3v) is 9.52. The van der Waals surface area contributed by atoms with E-state index in [-0.39, 0.29) is 30.4 Å². The fourth-order valence-corrected chi connectivity index (χ4v) is 7.40. The Kier molecular flexibility index (Phi) is 6.77. The van der Waals surface area contributed by atoms with E-state index in [1.165, 1.54) is 12.1 Å². The number of aliphatic hydroxyl groups is 1. The van der Waals surface area contributed by atoms with Gasteiger partial charge in [-0.2, -0.15) is 4.31 Å². The number of aryl methyl sites for hydroxylation is 1. The van der Waals surface area contributed by atoms with Crippen molar-refractivity contribution in [2.45, 2.75) is 42.7 Å². The van der Waals surface area contributed by atoms with Gasteiger partial charge in [0.2, 0.25) is 10.0 Å². The van der Waals surface area contributed by atoms with Gasteiger partial charge in [-0.1, -0.05) is 54.6 Å². The lowest BCUT2D eigenvalue weighted by atomic mass is 9.74. The van der Waals surface area contributed by atoms with Gasteiger partial charge in [0, 0.05) is 31.1 Å². The maximum absolute atomic E-state index is 13.7. The van der Waals surface area contributed by atoms with Gasteiger partial charge in [-0.05, 0) is 66.8 Å². The van der Waals surface area contributed by atoms with Gasteiger partial charge in [-0.15, -0.1) is 0 Å². The van der Waals surface area contributed by atoms with Crippen molar-refractivity contribution in [3.63, 3.8) is 0 Å². The Bertz CT molecular complexity index is 1300. The van der Waals surface area contributed by atoms with Crippen molar-refractivity contribution in [3.8, 4) is 11.1 Å². The average Bonchev–Trinajstić information content (AvgIpc) is 2.83. The highest BCUT2D eigenvalue weighted by Crippen LogP contribution is 2.43. The van der Waals surface area contributed by atoms with E-state index in [0.717, 1.165) is 41.6 Å². The first-order valence-electron chi connectivity index (χ1n) is 12.2. The number of nitrogens with zero attached hydrogens (tertiary/aromatic N) is 2. The van der Waals surface area contributed by atoms with Crippen LogP contribution in [-0.4, -0.2) is 61.1 Å². The number of halogens is 1. The second-order valence-corrected chi connectivity index (χ2v) is 11.5. The highest BCUT2D eigenvalue weighted by atomic mass is 32.2. The summed E-state index contributed by atoms with van der Waals surface area (Å²) < 4.78 is 42.5. The predicted molar refractivity (Wildman–Crippen MR) is 135 cm³/mol. The number of benzene rings is 3. The van der Waals surface area contributed by atoms with E-state index in [9.17, 15) is 17.9 Å². The third-order valence-electron chi connectivity index (χ3n) is 7.50. The molecule has 184 valence electrons. The van der Waals surface area contributed by atoms with Gasteiger partial charge in [0.05, 0.1) is 11.5 Å². The van der Waals surface area contributed by atoms with E-state index in [1.54, 1.807) is 22.5 Å². The molecule has 0 aromatic heterocycles. The first-order chi connectivity index (χ1) is 16.9. The molecule has 0 aliphatic carbocycles. The van der Waals surface area contributed by atoms with Crippen LogP contribution >= 0.6 is 0 Å². The van der Waals surface area contributed by atoms with Crippen molar-refractivity contribution in [3.05, 3.63) is 89.7 Å². The van der Waals surface area contributed by atoms with E-state index < -0.39 is 10.0 Å². The van der Waals surface area contributed by atoms with Crippen LogP contribution in [-0.2, 0) is 10.0 Å². The zero-order chi connectivity index (χ0) is 24.6. The minimum Gasteiger partial charge on any atom is -0.395 e. The first kappa shape index (κ1) is 24.1. The summed E-state index contributed by atoms with van der Waals surface area (Å²) in [5.74, 6) is -0.250. The van der Waals surface area contributed by atoms with Gasteiger partial charge in [-0.3, -0.25) is 4.90 Å². The minimum absolute atomic E-state index is 0.00809. The molecule has 7 heteroatoms.